The van der Waals surface area contributed by atoms with Crippen molar-refractivity contribution in [3.63, 3.8) is 0 Å². The Kier molecular flexibility index (Phi) is 8.36. The summed E-state index contributed by atoms with van der Waals surface area (Å²) in [7, 11) is 0. The molecule has 0 aliphatic heterocycles. The lowest BCUT2D eigenvalue weighted by Crippen LogP contribution is -2.20. The van der Waals surface area contributed by atoms with E-state index in [1.165, 1.54) is 0 Å². The van der Waals surface area contributed by atoms with Crippen molar-refractivity contribution in [2.24, 2.45) is 0 Å². The second-order valence-corrected chi connectivity index (χ2v) is 6.42. The quantitative estimate of drug-likeness (QED) is 0.485. The average Bonchev–Trinajstić information content (AvgIpc) is 2.68. The molecule has 0 atom stereocenters. The molecular weight excluding hydrogens is 342 g/mol. The summed E-state index contributed by atoms with van der Waals surface area (Å²) in [4.78, 5) is 23.9. The van der Waals surface area contributed by atoms with E-state index in [0.717, 1.165) is 31.2 Å². The van der Waals surface area contributed by atoms with E-state index in [9.17, 15) is 9.59 Å². The van der Waals surface area contributed by atoms with Gasteiger partial charge in [0.15, 0.2) is 6.61 Å². The van der Waals surface area contributed by atoms with Crippen molar-refractivity contribution >= 4 is 17.6 Å². The molecular formula is C22H27NO4. The maximum atomic E-state index is 12.0. The standard InChI is InChI=1S/C22H27NO4/c1-3-4-5-6-15-26-22(25)18-9-11-19(12-10-18)23-21(24)16-27-20-13-7-17(2)8-14-20/h7-14H,3-6,15-16H2,1-2H3,(H,23,24). The number of amides is 1. The molecule has 2 aromatic rings. The summed E-state index contributed by atoms with van der Waals surface area (Å²) < 4.78 is 10.7. The molecule has 1 amide bonds. The van der Waals surface area contributed by atoms with E-state index in [-0.39, 0.29) is 18.5 Å². The average molecular weight is 369 g/mol. The van der Waals surface area contributed by atoms with Crippen LogP contribution in [0.15, 0.2) is 48.5 Å². The van der Waals surface area contributed by atoms with Gasteiger partial charge in [0.25, 0.3) is 5.91 Å². The zero-order valence-electron chi connectivity index (χ0n) is 16.0. The monoisotopic (exact) mass is 369 g/mol. The zero-order chi connectivity index (χ0) is 19.5. The molecule has 1 N–H and O–H groups in total. The summed E-state index contributed by atoms with van der Waals surface area (Å²) in [6, 6.07) is 14.1. The highest BCUT2D eigenvalue weighted by Crippen LogP contribution is 2.13. The highest BCUT2D eigenvalue weighted by Gasteiger charge is 2.08. The predicted octanol–water partition coefficient (Wildman–Crippen LogP) is 4.75. The van der Waals surface area contributed by atoms with Crippen LogP contribution in [0.3, 0.4) is 0 Å². The Morgan fingerprint density at radius 2 is 1.63 bits per heavy atom. The molecule has 0 unspecified atom stereocenters. The van der Waals surface area contributed by atoms with Crippen molar-refractivity contribution in [2.45, 2.75) is 39.5 Å². The summed E-state index contributed by atoms with van der Waals surface area (Å²) in [5.41, 5.74) is 2.21. The number of hydrogen-bond donors (Lipinski definition) is 1. The Bertz CT molecular complexity index is 723. The van der Waals surface area contributed by atoms with E-state index < -0.39 is 0 Å². The van der Waals surface area contributed by atoms with Crippen LogP contribution in [-0.2, 0) is 9.53 Å². The molecule has 144 valence electrons. The number of rotatable bonds is 10. The highest BCUT2D eigenvalue weighted by molar-refractivity contribution is 5.93. The lowest BCUT2D eigenvalue weighted by atomic mass is 10.2. The first-order valence-corrected chi connectivity index (χ1v) is 9.35. The lowest BCUT2D eigenvalue weighted by molar-refractivity contribution is -0.118. The fourth-order valence-corrected chi connectivity index (χ4v) is 2.45. The molecule has 27 heavy (non-hydrogen) atoms. The minimum atomic E-state index is -0.341. The highest BCUT2D eigenvalue weighted by atomic mass is 16.5. The molecule has 0 fully saturated rings. The van der Waals surface area contributed by atoms with Gasteiger partial charge in [0.05, 0.1) is 12.2 Å². The number of ether oxygens (including phenoxy) is 2. The molecule has 0 aliphatic rings. The van der Waals surface area contributed by atoms with Crippen LogP contribution in [-0.4, -0.2) is 25.1 Å². The number of nitrogens with one attached hydrogen (secondary N) is 1. The van der Waals surface area contributed by atoms with Crippen molar-refractivity contribution in [3.8, 4) is 5.75 Å². The molecule has 0 saturated carbocycles. The molecule has 0 bridgehead atoms. The van der Waals surface area contributed by atoms with Crippen molar-refractivity contribution < 1.29 is 19.1 Å². The predicted molar refractivity (Wildman–Crippen MR) is 106 cm³/mol. The zero-order valence-corrected chi connectivity index (χ0v) is 16.0. The Labute approximate surface area is 160 Å². The molecule has 5 nitrogen and oxygen atoms in total. The van der Waals surface area contributed by atoms with Gasteiger partial charge in [-0.2, -0.15) is 0 Å². The SMILES string of the molecule is CCCCCCOC(=O)c1ccc(NC(=O)COc2ccc(C)cc2)cc1. The van der Waals surface area contributed by atoms with Gasteiger partial charge in [-0.1, -0.05) is 43.9 Å². The van der Waals surface area contributed by atoms with E-state index in [0.29, 0.717) is 23.6 Å². The van der Waals surface area contributed by atoms with Crippen LogP contribution < -0.4 is 10.1 Å². The third kappa shape index (κ3) is 7.52. The van der Waals surface area contributed by atoms with E-state index >= 15 is 0 Å². The fourth-order valence-electron chi connectivity index (χ4n) is 2.45. The summed E-state index contributed by atoms with van der Waals surface area (Å²) in [6.45, 7) is 4.49. The first-order valence-electron chi connectivity index (χ1n) is 9.35. The molecule has 0 heterocycles. The van der Waals surface area contributed by atoms with Gasteiger partial charge in [0.2, 0.25) is 0 Å². The van der Waals surface area contributed by atoms with Crippen molar-refractivity contribution in [1.29, 1.82) is 0 Å². The van der Waals surface area contributed by atoms with Crippen LogP contribution in [0, 0.1) is 6.92 Å². The van der Waals surface area contributed by atoms with Gasteiger partial charge in [-0.3, -0.25) is 4.79 Å². The van der Waals surface area contributed by atoms with E-state index in [1.54, 1.807) is 24.3 Å². The first-order chi connectivity index (χ1) is 13.1. The summed E-state index contributed by atoms with van der Waals surface area (Å²) in [5.74, 6) is 0.0432. The van der Waals surface area contributed by atoms with E-state index in [4.69, 9.17) is 9.47 Å². The van der Waals surface area contributed by atoms with Crippen molar-refractivity contribution in [2.75, 3.05) is 18.5 Å². The topological polar surface area (TPSA) is 64.6 Å². The number of carbonyl (C=O) groups excluding carboxylic acids is 2. The van der Waals surface area contributed by atoms with Gasteiger partial charge < -0.3 is 14.8 Å². The maximum Gasteiger partial charge on any atom is 0.338 e. The molecule has 0 aliphatic carbocycles. The Morgan fingerprint density at radius 3 is 2.30 bits per heavy atom. The Hall–Kier alpha value is -2.82. The van der Waals surface area contributed by atoms with Gasteiger partial charge in [-0.05, 0) is 49.7 Å². The summed E-state index contributed by atoms with van der Waals surface area (Å²) >= 11 is 0. The number of aryl methyl sites for hydroxylation is 1. The molecule has 0 spiro atoms. The van der Waals surface area contributed by atoms with Crippen LogP contribution >= 0.6 is 0 Å². The van der Waals surface area contributed by atoms with Crippen molar-refractivity contribution in [1.82, 2.24) is 0 Å². The molecule has 5 heteroatoms. The van der Waals surface area contributed by atoms with Gasteiger partial charge in [-0.25, -0.2) is 4.79 Å². The first kappa shape index (κ1) is 20.5. The Morgan fingerprint density at radius 1 is 0.926 bits per heavy atom. The number of esters is 1. The number of unbranched alkanes of at least 4 members (excludes halogenated alkanes) is 3. The van der Waals surface area contributed by atoms with Crippen molar-refractivity contribution in [3.05, 3.63) is 59.7 Å². The van der Waals surface area contributed by atoms with Crippen LogP contribution in [0.25, 0.3) is 0 Å². The molecule has 2 rings (SSSR count). The van der Waals surface area contributed by atoms with Gasteiger partial charge in [-0.15, -0.1) is 0 Å². The van der Waals surface area contributed by atoms with Crippen LogP contribution in [0.4, 0.5) is 5.69 Å². The van der Waals surface area contributed by atoms with E-state index in [2.05, 4.69) is 12.2 Å². The lowest BCUT2D eigenvalue weighted by Gasteiger charge is -2.09. The molecule has 0 aromatic heterocycles. The van der Waals surface area contributed by atoms with Crippen LogP contribution in [0.2, 0.25) is 0 Å². The molecule has 2 aromatic carbocycles. The minimum absolute atomic E-state index is 0.0788. The van der Waals surface area contributed by atoms with Gasteiger partial charge in [0.1, 0.15) is 5.75 Å². The second kappa shape index (κ2) is 11.0. The van der Waals surface area contributed by atoms with Gasteiger partial charge >= 0.3 is 5.97 Å². The number of anilines is 1. The second-order valence-electron chi connectivity index (χ2n) is 6.42. The largest absolute Gasteiger partial charge is 0.484 e. The maximum absolute atomic E-state index is 12.0. The third-order valence-electron chi connectivity index (χ3n) is 4.03. The normalized spacial score (nSPS) is 10.3. The van der Waals surface area contributed by atoms with Crippen LogP contribution in [0.1, 0.15) is 48.5 Å². The number of hydrogen-bond acceptors (Lipinski definition) is 4. The minimum Gasteiger partial charge on any atom is -0.484 e. The fraction of sp³-hybridized carbons (Fsp3) is 0.364. The molecule has 0 radical (unpaired) electrons. The Balaban J connectivity index is 1.74. The number of benzene rings is 2. The third-order valence-corrected chi connectivity index (χ3v) is 4.03. The number of carbonyl (C=O) groups is 2. The van der Waals surface area contributed by atoms with E-state index in [1.807, 2.05) is 31.2 Å². The molecule has 0 saturated heterocycles. The summed E-state index contributed by atoms with van der Waals surface area (Å²) in [5, 5.41) is 2.74. The smallest absolute Gasteiger partial charge is 0.338 e. The van der Waals surface area contributed by atoms with Gasteiger partial charge in [0, 0.05) is 5.69 Å². The summed E-state index contributed by atoms with van der Waals surface area (Å²) in [6.07, 6.45) is 4.25. The van der Waals surface area contributed by atoms with Crippen LogP contribution in [0.5, 0.6) is 5.75 Å².